The van der Waals surface area contributed by atoms with Gasteiger partial charge in [-0.1, -0.05) is 18.2 Å². The van der Waals surface area contributed by atoms with Crippen LogP contribution in [0.4, 0.5) is 13.2 Å². The molecule has 0 saturated carbocycles. The van der Waals surface area contributed by atoms with E-state index in [2.05, 4.69) is 6.07 Å². The Morgan fingerprint density at radius 3 is 2.67 bits per heavy atom. The van der Waals surface area contributed by atoms with E-state index in [1.165, 1.54) is 18.2 Å². The second-order valence-corrected chi connectivity index (χ2v) is 2.41. The lowest BCUT2D eigenvalue weighted by atomic mass is 10.1. The lowest BCUT2D eigenvalue weighted by Crippen LogP contribution is -2.11. The Morgan fingerprint density at radius 2 is 2.17 bits per heavy atom. The number of hydrogen-bond acceptors (Lipinski definition) is 0. The highest BCUT2D eigenvalue weighted by atomic mass is 19.2. The number of halogens is 3. The third-order valence-electron chi connectivity index (χ3n) is 1.51. The summed E-state index contributed by atoms with van der Waals surface area (Å²) in [5, 5.41) is 0. The molecule has 2 atom stereocenters. The average molecular weight is 173 g/mol. The molecule has 1 radical (unpaired) electrons. The fourth-order valence-electron chi connectivity index (χ4n) is 0.866. The van der Waals surface area contributed by atoms with Gasteiger partial charge in [0.1, 0.15) is 6.67 Å². The monoisotopic (exact) mass is 173 g/mol. The molecule has 1 aromatic carbocycles. The van der Waals surface area contributed by atoms with Gasteiger partial charge >= 0.3 is 0 Å². The van der Waals surface area contributed by atoms with E-state index in [-0.39, 0.29) is 5.56 Å². The molecule has 0 bridgehead atoms. The molecule has 2 unspecified atom stereocenters. The molecule has 65 valence electrons. The Balaban J connectivity index is 2.71. The highest BCUT2D eigenvalue weighted by molar-refractivity contribution is 5.17. The van der Waals surface area contributed by atoms with Gasteiger partial charge in [-0.05, 0) is 17.7 Å². The summed E-state index contributed by atoms with van der Waals surface area (Å²) in [5.74, 6) is 0. The van der Waals surface area contributed by atoms with Crippen molar-refractivity contribution in [1.29, 1.82) is 0 Å². The largest absolute Gasteiger partial charge is 0.248 e. The van der Waals surface area contributed by atoms with Crippen LogP contribution in [0.25, 0.3) is 0 Å². The van der Waals surface area contributed by atoms with Gasteiger partial charge in [-0.2, -0.15) is 0 Å². The maximum Gasteiger partial charge on any atom is 0.163 e. The minimum Gasteiger partial charge on any atom is -0.248 e. The number of hydrogen-bond donors (Lipinski definition) is 0. The fourth-order valence-corrected chi connectivity index (χ4v) is 0.866. The quantitative estimate of drug-likeness (QED) is 0.659. The van der Waals surface area contributed by atoms with E-state index in [4.69, 9.17) is 0 Å². The van der Waals surface area contributed by atoms with Crippen molar-refractivity contribution in [2.24, 2.45) is 0 Å². The maximum absolute atomic E-state index is 12.9. The van der Waals surface area contributed by atoms with Crippen LogP contribution in [0.5, 0.6) is 0 Å². The maximum atomic E-state index is 12.9. The zero-order valence-corrected chi connectivity index (χ0v) is 6.31. The third-order valence-corrected chi connectivity index (χ3v) is 1.51. The molecular weight excluding hydrogens is 165 g/mol. The van der Waals surface area contributed by atoms with Crippen molar-refractivity contribution in [2.75, 3.05) is 6.67 Å². The number of benzene rings is 1. The van der Waals surface area contributed by atoms with E-state index in [1.54, 1.807) is 6.07 Å². The van der Waals surface area contributed by atoms with Gasteiger partial charge in [0.05, 0.1) is 0 Å². The minimum atomic E-state index is -2.07. The Morgan fingerprint density at radius 1 is 1.42 bits per heavy atom. The molecular formula is C9H8F3. The van der Waals surface area contributed by atoms with Crippen LogP contribution < -0.4 is 0 Å². The van der Waals surface area contributed by atoms with Crippen LogP contribution in [-0.2, 0) is 0 Å². The van der Waals surface area contributed by atoms with Crippen molar-refractivity contribution in [3.63, 3.8) is 0 Å². The molecule has 0 spiro atoms. The molecule has 12 heavy (non-hydrogen) atoms. The first-order chi connectivity index (χ1) is 5.75. The van der Waals surface area contributed by atoms with Gasteiger partial charge in [0.2, 0.25) is 0 Å². The smallest absolute Gasteiger partial charge is 0.163 e. The zero-order chi connectivity index (χ0) is 8.97. The summed E-state index contributed by atoms with van der Waals surface area (Å²) in [5.41, 5.74) is 0.127. The Hall–Kier alpha value is -0.990. The molecule has 1 rings (SSSR count). The summed E-state index contributed by atoms with van der Waals surface area (Å²) in [6.07, 6.45) is -3.95. The molecule has 0 amide bonds. The lowest BCUT2D eigenvalue weighted by Gasteiger charge is -2.09. The van der Waals surface area contributed by atoms with E-state index in [0.717, 1.165) is 0 Å². The van der Waals surface area contributed by atoms with Crippen LogP contribution >= 0.6 is 0 Å². The van der Waals surface area contributed by atoms with Gasteiger partial charge in [0.15, 0.2) is 12.3 Å². The molecule has 0 N–H and O–H groups in total. The van der Waals surface area contributed by atoms with Gasteiger partial charge in [-0.15, -0.1) is 0 Å². The van der Waals surface area contributed by atoms with Gasteiger partial charge in [0, 0.05) is 0 Å². The molecule has 0 aliphatic rings. The van der Waals surface area contributed by atoms with Crippen molar-refractivity contribution in [1.82, 2.24) is 0 Å². The molecule has 0 saturated heterocycles. The van der Waals surface area contributed by atoms with Crippen LogP contribution in [0.2, 0.25) is 0 Å². The summed E-state index contributed by atoms with van der Waals surface area (Å²) in [6.45, 7) is -1.30. The first kappa shape index (κ1) is 9.10. The van der Waals surface area contributed by atoms with Gasteiger partial charge in [-0.25, -0.2) is 13.2 Å². The first-order valence-corrected chi connectivity index (χ1v) is 3.56. The lowest BCUT2D eigenvalue weighted by molar-refractivity contribution is 0.138. The summed E-state index contributed by atoms with van der Waals surface area (Å²) in [7, 11) is 0. The molecule has 1 aromatic rings. The first-order valence-electron chi connectivity index (χ1n) is 3.56. The number of alkyl halides is 3. The van der Waals surface area contributed by atoms with Crippen LogP contribution in [0.1, 0.15) is 11.7 Å². The molecule has 3 heteroatoms. The molecule has 0 fully saturated rings. The molecule has 0 heterocycles. The van der Waals surface area contributed by atoms with Crippen molar-refractivity contribution in [3.05, 3.63) is 35.9 Å². The van der Waals surface area contributed by atoms with Crippen LogP contribution in [0.15, 0.2) is 24.3 Å². The Kier molecular flexibility index (Phi) is 3.14. The van der Waals surface area contributed by atoms with E-state index in [1.807, 2.05) is 0 Å². The van der Waals surface area contributed by atoms with E-state index in [9.17, 15) is 13.2 Å². The molecule has 0 aromatic heterocycles. The predicted octanol–water partition coefficient (Wildman–Crippen LogP) is 2.80. The Bertz CT molecular complexity index is 222. The van der Waals surface area contributed by atoms with Crippen LogP contribution in [0.3, 0.4) is 0 Å². The number of rotatable bonds is 3. The molecule has 0 nitrogen and oxygen atoms in total. The zero-order valence-electron chi connectivity index (χ0n) is 6.31. The SMILES string of the molecule is FCC(F)C(F)c1c[c]ccc1. The predicted molar refractivity (Wildman–Crippen MR) is 40.0 cm³/mol. The van der Waals surface area contributed by atoms with Crippen LogP contribution in [0, 0.1) is 6.07 Å². The second-order valence-electron chi connectivity index (χ2n) is 2.41. The van der Waals surface area contributed by atoms with E-state index < -0.39 is 19.0 Å². The molecule has 0 aliphatic heterocycles. The van der Waals surface area contributed by atoms with Crippen molar-refractivity contribution >= 4 is 0 Å². The topological polar surface area (TPSA) is 0 Å². The van der Waals surface area contributed by atoms with Crippen LogP contribution in [-0.4, -0.2) is 12.8 Å². The van der Waals surface area contributed by atoms with Gasteiger partial charge in [0.25, 0.3) is 0 Å². The van der Waals surface area contributed by atoms with Gasteiger partial charge in [-0.3, -0.25) is 0 Å². The summed E-state index contributed by atoms with van der Waals surface area (Å²) in [4.78, 5) is 0. The Labute approximate surface area is 69.0 Å². The van der Waals surface area contributed by atoms with Crippen molar-refractivity contribution in [3.8, 4) is 0 Å². The van der Waals surface area contributed by atoms with Gasteiger partial charge < -0.3 is 0 Å². The van der Waals surface area contributed by atoms with E-state index >= 15 is 0 Å². The van der Waals surface area contributed by atoms with Crippen molar-refractivity contribution < 1.29 is 13.2 Å². The normalized spacial score (nSPS) is 15.6. The second kappa shape index (κ2) is 4.14. The summed E-state index contributed by atoms with van der Waals surface area (Å²) >= 11 is 0. The fraction of sp³-hybridized carbons (Fsp3) is 0.333. The third kappa shape index (κ3) is 2.00. The summed E-state index contributed by atoms with van der Waals surface area (Å²) < 4.78 is 37.0. The van der Waals surface area contributed by atoms with Crippen molar-refractivity contribution in [2.45, 2.75) is 12.3 Å². The standard InChI is InChI=1S/C9H8F3/c10-6-8(11)9(12)7-4-2-1-3-5-7/h1-2,4-5,8-9H,6H2. The molecule has 0 aliphatic carbocycles. The highest BCUT2D eigenvalue weighted by Crippen LogP contribution is 2.23. The summed E-state index contributed by atoms with van der Waals surface area (Å²) in [6, 6.07) is 8.41. The minimum absolute atomic E-state index is 0.127. The highest BCUT2D eigenvalue weighted by Gasteiger charge is 2.21. The average Bonchev–Trinajstić information content (AvgIpc) is 2.17. The van der Waals surface area contributed by atoms with E-state index in [0.29, 0.717) is 0 Å².